The van der Waals surface area contributed by atoms with E-state index < -0.39 is 0 Å². The predicted molar refractivity (Wildman–Crippen MR) is 86.0 cm³/mol. The number of likely N-dealkylation sites (N-methyl/N-ethyl adjacent to an activating group) is 1. The van der Waals surface area contributed by atoms with Crippen molar-refractivity contribution < 1.29 is 4.79 Å². The minimum absolute atomic E-state index is 0.0218. The fourth-order valence-corrected chi connectivity index (χ4v) is 2.29. The largest absolute Gasteiger partial charge is 0.389 e. The number of amides is 1. The maximum atomic E-state index is 12.1. The summed E-state index contributed by atoms with van der Waals surface area (Å²) in [5.74, 6) is 0.0218. The summed E-state index contributed by atoms with van der Waals surface area (Å²) in [6.45, 7) is 8.18. The Morgan fingerprint density at radius 3 is 2.65 bits per heavy atom. The Balaban J connectivity index is 3.08. The van der Waals surface area contributed by atoms with Crippen LogP contribution in [-0.2, 0) is 4.79 Å². The van der Waals surface area contributed by atoms with E-state index in [0.29, 0.717) is 12.1 Å². The summed E-state index contributed by atoms with van der Waals surface area (Å²) in [4.78, 5) is 18.4. The number of hydrogen-bond acceptors (Lipinski definition) is 4. The molecule has 6 heteroatoms. The monoisotopic (exact) mass is 294 g/mol. The van der Waals surface area contributed by atoms with Crippen LogP contribution in [0.3, 0.4) is 0 Å². The minimum Gasteiger partial charge on any atom is -0.389 e. The molecule has 0 aromatic carbocycles. The van der Waals surface area contributed by atoms with Crippen molar-refractivity contribution in [2.45, 2.75) is 33.7 Å². The third-order valence-corrected chi connectivity index (χ3v) is 3.37. The first kappa shape index (κ1) is 16.4. The molecular weight excluding hydrogens is 272 g/mol. The molecule has 0 saturated carbocycles. The number of pyridine rings is 1. The van der Waals surface area contributed by atoms with Gasteiger partial charge in [-0.1, -0.05) is 12.2 Å². The van der Waals surface area contributed by atoms with E-state index in [2.05, 4.69) is 10.3 Å². The molecule has 0 aliphatic heterocycles. The molecule has 3 N–H and O–H groups in total. The van der Waals surface area contributed by atoms with Gasteiger partial charge in [0, 0.05) is 30.7 Å². The van der Waals surface area contributed by atoms with E-state index in [1.807, 2.05) is 33.8 Å². The van der Waals surface area contributed by atoms with Crippen LogP contribution in [0.5, 0.6) is 0 Å². The fraction of sp³-hybridized carbons (Fsp3) is 0.500. The molecule has 1 unspecified atom stereocenters. The van der Waals surface area contributed by atoms with Gasteiger partial charge in [-0.25, -0.2) is 0 Å². The third kappa shape index (κ3) is 3.66. The van der Waals surface area contributed by atoms with Gasteiger partial charge in [-0.15, -0.1) is 0 Å². The van der Waals surface area contributed by atoms with Crippen LogP contribution in [0.2, 0.25) is 0 Å². The molecule has 0 aliphatic rings. The molecule has 1 aromatic rings. The van der Waals surface area contributed by atoms with Crippen molar-refractivity contribution in [2.24, 2.45) is 5.73 Å². The number of carbonyl (C=O) groups excluding carboxylic acids is 1. The number of aromatic nitrogens is 1. The van der Waals surface area contributed by atoms with Crippen molar-refractivity contribution in [1.29, 1.82) is 0 Å². The minimum atomic E-state index is -0.353. The van der Waals surface area contributed by atoms with Crippen molar-refractivity contribution in [3.8, 4) is 0 Å². The van der Waals surface area contributed by atoms with Crippen molar-refractivity contribution in [3.05, 3.63) is 23.0 Å². The van der Waals surface area contributed by atoms with Crippen LogP contribution in [0, 0.1) is 13.8 Å². The zero-order valence-electron chi connectivity index (χ0n) is 12.7. The molecule has 1 aromatic heterocycles. The van der Waals surface area contributed by atoms with E-state index >= 15 is 0 Å². The maximum absolute atomic E-state index is 12.1. The first-order valence-corrected chi connectivity index (χ1v) is 6.98. The quantitative estimate of drug-likeness (QED) is 0.807. The predicted octanol–water partition coefficient (Wildman–Crippen LogP) is 1.61. The number of nitrogens with one attached hydrogen (secondary N) is 1. The van der Waals surface area contributed by atoms with Gasteiger partial charge < -0.3 is 16.0 Å². The number of aryl methyl sites for hydroxylation is 2. The zero-order valence-corrected chi connectivity index (χ0v) is 13.5. The van der Waals surface area contributed by atoms with Crippen molar-refractivity contribution in [3.63, 3.8) is 0 Å². The fourth-order valence-electron chi connectivity index (χ4n) is 2.03. The van der Waals surface area contributed by atoms with Gasteiger partial charge in [0.2, 0.25) is 5.91 Å². The second kappa shape index (κ2) is 6.65. The van der Waals surface area contributed by atoms with Gasteiger partial charge in [0.05, 0.1) is 5.56 Å². The molecular formula is C14H22N4OS. The SMILES string of the molecule is CCN(C)C(=O)C(C)Nc1cc(C)nc(C)c1C(N)=S. The highest BCUT2D eigenvalue weighted by Gasteiger charge is 2.19. The molecule has 5 nitrogen and oxygen atoms in total. The Morgan fingerprint density at radius 2 is 2.15 bits per heavy atom. The number of nitrogens with zero attached hydrogens (tertiary/aromatic N) is 2. The van der Waals surface area contributed by atoms with Crippen LogP contribution < -0.4 is 11.1 Å². The summed E-state index contributed by atoms with van der Waals surface area (Å²) >= 11 is 5.08. The Morgan fingerprint density at radius 1 is 1.55 bits per heavy atom. The summed E-state index contributed by atoms with van der Waals surface area (Å²) in [7, 11) is 1.78. The molecule has 1 rings (SSSR count). The maximum Gasteiger partial charge on any atom is 0.244 e. The summed E-state index contributed by atoms with van der Waals surface area (Å²) in [6, 6.07) is 1.51. The number of carbonyl (C=O) groups is 1. The van der Waals surface area contributed by atoms with E-state index in [-0.39, 0.29) is 16.9 Å². The average Bonchev–Trinajstić information content (AvgIpc) is 2.35. The lowest BCUT2D eigenvalue weighted by atomic mass is 10.1. The van der Waals surface area contributed by atoms with Crippen LogP contribution in [0.25, 0.3) is 0 Å². The molecule has 0 saturated heterocycles. The van der Waals surface area contributed by atoms with Gasteiger partial charge in [-0.2, -0.15) is 0 Å². The van der Waals surface area contributed by atoms with E-state index in [1.54, 1.807) is 11.9 Å². The third-order valence-electron chi connectivity index (χ3n) is 3.17. The summed E-state index contributed by atoms with van der Waals surface area (Å²) < 4.78 is 0. The normalized spacial score (nSPS) is 11.8. The van der Waals surface area contributed by atoms with Crippen LogP contribution in [-0.4, -0.2) is 40.4 Å². The Bertz CT molecular complexity index is 530. The van der Waals surface area contributed by atoms with Gasteiger partial charge in [0.1, 0.15) is 11.0 Å². The first-order valence-electron chi connectivity index (χ1n) is 6.57. The molecule has 0 aliphatic carbocycles. The van der Waals surface area contributed by atoms with E-state index in [4.69, 9.17) is 18.0 Å². The second-order valence-electron chi connectivity index (χ2n) is 4.85. The summed E-state index contributed by atoms with van der Waals surface area (Å²) in [5, 5.41) is 3.19. The van der Waals surface area contributed by atoms with Crippen molar-refractivity contribution in [2.75, 3.05) is 18.9 Å². The molecule has 1 atom stereocenters. The number of anilines is 1. The smallest absolute Gasteiger partial charge is 0.244 e. The van der Waals surface area contributed by atoms with Crippen LogP contribution in [0.15, 0.2) is 6.07 Å². The molecule has 0 fully saturated rings. The Kier molecular flexibility index (Phi) is 5.44. The summed E-state index contributed by atoms with van der Waals surface area (Å²) in [6.07, 6.45) is 0. The molecule has 1 amide bonds. The topological polar surface area (TPSA) is 71.2 Å². The van der Waals surface area contributed by atoms with Crippen molar-refractivity contribution in [1.82, 2.24) is 9.88 Å². The van der Waals surface area contributed by atoms with E-state index in [1.165, 1.54) is 0 Å². The standard InChI is InChI=1S/C14H22N4OS/c1-6-18(5)14(19)10(4)17-11-7-8(2)16-9(3)12(11)13(15)20/h7,10H,6H2,1-5H3,(H2,15,20)(H,16,17). The van der Waals surface area contributed by atoms with E-state index in [9.17, 15) is 4.79 Å². The van der Waals surface area contributed by atoms with Crippen molar-refractivity contribution >= 4 is 28.8 Å². The number of hydrogen-bond donors (Lipinski definition) is 2. The average molecular weight is 294 g/mol. The van der Waals surface area contributed by atoms with Crippen LogP contribution >= 0.6 is 12.2 Å². The van der Waals surface area contributed by atoms with E-state index in [0.717, 1.165) is 17.1 Å². The molecule has 0 bridgehead atoms. The Labute approximate surface area is 125 Å². The lowest BCUT2D eigenvalue weighted by Gasteiger charge is -2.23. The highest BCUT2D eigenvalue weighted by atomic mass is 32.1. The van der Waals surface area contributed by atoms with Gasteiger partial charge in [-0.05, 0) is 33.8 Å². The number of thiocarbonyl (C=S) groups is 1. The Hall–Kier alpha value is -1.69. The molecule has 110 valence electrons. The van der Waals surface area contributed by atoms with Gasteiger partial charge in [0.15, 0.2) is 0 Å². The second-order valence-corrected chi connectivity index (χ2v) is 5.29. The highest BCUT2D eigenvalue weighted by Crippen LogP contribution is 2.20. The molecule has 1 heterocycles. The highest BCUT2D eigenvalue weighted by molar-refractivity contribution is 7.80. The molecule has 0 radical (unpaired) electrons. The molecule has 20 heavy (non-hydrogen) atoms. The van der Waals surface area contributed by atoms with Crippen LogP contribution in [0.4, 0.5) is 5.69 Å². The molecule has 0 spiro atoms. The van der Waals surface area contributed by atoms with Gasteiger partial charge >= 0.3 is 0 Å². The van der Waals surface area contributed by atoms with Gasteiger partial charge in [-0.3, -0.25) is 9.78 Å². The van der Waals surface area contributed by atoms with Crippen LogP contribution in [0.1, 0.15) is 30.8 Å². The number of rotatable bonds is 5. The lowest BCUT2D eigenvalue weighted by Crippen LogP contribution is -2.39. The van der Waals surface area contributed by atoms with Gasteiger partial charge in [0.25, 0.3) is 0 Å². The lowest BCUT2D eigenvalue weighted by molar-refractivity contribution is -0.130. The summed E-state index contributed by atoms with van der Waals surface area (Å²) in [5.41, 5.74) is 8.84. The first-order chi connectivity index (χ1) is 9.27. The number of nitrogens with two attached hydrogens (primary N) is 1. The zero-order chi connectivity index (χ0) is 15.4.